The first kappa shape index (κ1) is 13.7. The second-order valence-electron chi connectivity index (χ2n) is 6.46. The van der Waals surface area contributed by atoms with Gasteiger partial charge >= 0.3 is 0 Å². The fourth-order valence-electron chi connectivity index (χ4n) is 3.91. The number of anilines is 2. The molecule has 2 N–H and O–H groups in total. The van der Waals surface area contributed by atoms with Gasteiger partial charge in [0.2, 0.25) is 0 Å². The van der Waals surface area contributed by atoms with Crippen LogP contribution in [0.2, 0.25) is 0 Å². The summed E-state index contributed by atoms with van der Waals surface area (Å²) in [5.74, 6) is 0.799. The van der Waals surface area contributed by atoms with E-state index >= 15 is 0 Å². The third kappa shape index (κ3) is 2.78. The molecular formula is C17H27N3. The molecule has 1 saturated heterocycles. The van der Waals surface area contributed by atoms with E-state index < -0.39 is 0 Å². The van der Waals surface area contributed by atoms with Crippen LogP contribution in [-0.4, -0.2) is 32.7 Å². The largest absolute Gasteiger partial charge is 0.380 e. The maximum absolute atomic E-state index is 3.84. The van der Waals surface area contributed by atoms with E-state index in [4.69, 9.17) is 0 Å². The average molecular weight is 273 g/mol. The number of para-hydroxylation sites is 2. The Bertz CT molecular complexity index is 438. The Kier molecular flexibility index (Phi) is 4.16. The summed E-state index contributed by atoms with van der Waals surface area (Å²) in [7, 11) is 4.23. The van der Waals surface area contributed by atoms with E-state index in [1.807, 2.05) is 0 Å². The van der Waals surface area contributed by atoms with Gasteiger partial charge in [-0.05, 0) is 50.3 Å². The van der Waals surface area contributed by atoms with Crippen molar-refractivity contribution in [3.8, 4) is 0 Å². The standard InChI is InChI=1S/C17H27N3/c1-20(2)17-11-4-3-8-16(17)19-15-9-5-7-13(15)14-10-6-12-18-14/h3-4,8,11,13-15,18-19H,5-7,9-10,12H2,1-2H3. The topological polar surface area (TPSA) is 27.3 Å². The van der Waals surface area contributed by atoms with Gasteiger partial charge in [0.15, 0.2) is 0 Å². The van der Waals surface area contributed by atoms with E-state index in [1.165, 1.54) is 50.0 Å². The minimum absolute atomic E-state index is 0.631. The van der Waals surface area contributed by atoms with Gasteiger partial charge in [0.1, 0.15) is 0 Å². The van der Waals surface area contributed by atoms with Gasteiger partial charge in [-0.25, -0.2) is 0 Å². The van der Waals surface area contributed by atoms with Gasteiger partial charge in [-0.1, -0.05) is 18.6 Å². The van der Waals surface area contributed by atoms with E-state index in [0.29, 0.717) is 6.04 Å². The Morgan fingerprint density at radius 2 is 1.95 bits per heavy atom. The quantitative estimate of drug-likeness (QED) is 0.883. The number of nitrogens with one attached hydrogen (secondary N) is 2. The SMILES string of the molecule is CN(C)c1ccccc1NC1CCCC1C1CCCN1. The molecule has 0 amide bonds. The molecule has 3 heteroatoms. The molecule has 3 atom stereocenters. The predicted octanol–water partition coefficient (Wildman–Crippen LogP) is 3.09. The summed E-state index contributed by atoms with van der Waals surface area (Å²) in [6.45, 7) is 1.21. The van der Waals surface area contributed by atoms with Crippen LogP contribution in [0.4, 0.5) is 11.4 Å². The molecule has 110 valence electrons. The van der Waals surface area contributed by atoms with Crippen LogP contribution in [0.5, 0.6) is 0 Å². The van der Waals surface area contributed by atoms with Crippen molar-refractivity contribution in [1.82, 2.24) is 5.32 Å². The Hall–Kier alpha value is -1.22. The summed E-state index contributed by atoms with van der Waals surface area (Å²) >= 11 is 0. The normalized spacial score (nSPS) is 29.6. The summed E-state index contributed by atoms with van der Waals surface area (Å²) in [5, 5.41) is 7.54. The second-order valence-corrected chi connectivity index (χ2v) is 6.46. The first-order valence-electron chi connectivity index (χ1n) is 8.02. The lowest BCUT2D eigenvalue weighted by atomic mass is 9.93. The van der Waals surface area contributed by atoms with Gasteiger partial charge in [-0.15, -0.1) is 0 Å². The zero-order valence-corrected chi connectivity index (χ0v) is 12.7. The van der Waals surface area contributed by atoms with Gasteiger partial charge < -0.3 is 15.5 Å². The third-order valence-electron chi connectivity index (χ3n) is 4.91. The van der Waals surface area contributed by atoms with Crippen LogP contribution >= 0.6 is 0 Å². The molecule has 1 saturated carbocycles. The second kappa shape index (κ2) is 6.04. The van der Waals surface area contributed by atoms with Crippen LogP contribution in [0.25, 0.3) is 0 Å². The highest BCUT2D eigenvalue weighted by atomic mass is 15.1. The number of hydrogen-bond acceptors (Lipinski definition) is 3. The van der Waals surface area contributed by atoms with Crippen molar-refractivity contribution in [3.63, 3.8) is 0 Å². The lowest BCUT2D eigenvalue weighted by molar-refractivity contribution is 0.376. The highest BCUT2D eigenvalue weighted by molar-refractivity contribution is 5.69. The lowest BCUT2D eigenvalue weighted by Gasteiger charge is -2.29. The van der Waals surface area contributed by atoms with Crippen LogP contribution in [-0.2, 0) is 0 Å². The Labute approximate surface area is 122 Å². The molecule has 0 spiro atoms. The van der Waals surface area contributed by atoms with Gasteiger partial charge in [-0.2, -0.15) is 0 Å². The molecule has 2 aliphatic rings. The molecule has 1 heterocycles. The molecule has 1 aromatic rings. The van der Waals surface area contributed by atoms with E-state index in [2.05, 4.69) is 53.9 Å². The van der Waals surface area contributed by atoms with Gasteiger partial charge in [0.25, 0.3) is 0 Å². The van der Waals surface area contributed by atoms with Crippen LogP contribution in [0.15, 0.2) is 24.3 Å². The first-order chi connectivity index (χ1) is 9.75. The summed E-state index contributed by atoms with van der Waals surface area (Å²) in [6, 6.07) is 10.0. The minimum Gasteiger partial charge on any atom is -0.380 e. The highest BCUT2D eigenvalue weighted by Crippen LogP contribution is 2.35. The number of rotatable bonds is 4. The Balaban J connectivity index is 1.73. The smallest absolute Gasteiger partial charge is 0.0596 e. The summed E-state index contributed by atoms with van der Waals surface area (Å²) in [4.78, 5) is 2.19. The molecule has 1 aliphatic carbocycles. The zero-order chi connectivity index (χ0) is 13.9. The summed E-state index contributed by atoms with van der Waals surface area (Å²) in [6.07, 6.45) is 6.76. The summed E-state index contributed by atoms with van der Waals surface area (Å²) in [5.41, 5.74) is 2.57. The molecule has 1 aromatic carbocycles. The van der Waals surface area contributed by atoms with Gasteiger partial charge in [-0.3, -0.25) is 0 Å². The maximum Gasteiger partial charge on any atom is 0.0596 e. The van der Waals surface area contributed by atoms with E-state index in [-0.39, 0.29) is 0 Å². The van der Waals surface area contributed by atoms with Crippen LogP contribution in [0.3, 0.4) is 0 Å². The predicted molar refractivity (Wildman–Crippen MR) is 86.5 cm³/mol. The minimum atomic E-state index is 0.631. The third-order valence-corrected chi connectivity index (χ3v) is 4.91. The number of benzene rings is 1. The van der Waals surface area contributed by atoms with Crippen molar-refractivity contribution in [2.45, 2.75) is 44.2 Å². The molecule has 3 rings (SSSR count). The molecule has 20 heavy (non-hydrogen) atoms. The highest BCUT2D eigenvalue weighted by Gasteiger charge is 2.35. The molecule has 3 unspecified atom stereocenters. The van der Waals surface area contributed by atoms with Gasteiger partial charge in [0.05, 0.1) is 11.4 Å². The average Bonchev–Trinajstić information content (AvgIpc) is 3.09. The fraction of sp³-hybridized carbons (Fsp3) is 0.647. The molecule has 2 fully saturated rings. The molecular weight excluding hydrogens is 246 g/mol. The van der Waals surface area contributed by atoms with Crippen molar-refractivity contribution < 1.29 is 0 Å². The van der Waals surface area contributed by atoms with Crippen molar-refractivity contribution in [3.05, 3.63) is 24.3 Å². The first-order valence-corrected chi connectivity index (χ1v) is 8.02. The summed E-state index contributed by atoms with van der Waals surface area (Å²) < 4.78 is 0. The van der Waals surface area contributed by atoms with E-state index in [0.717, 1.165) is 12.0 Å². The van der Waals surface area contributed by atoms with Crippen LogP contribution in [0.1, 0.15) is 32.1 Å². The molecule has 1 aliphatic heterocycles. The molecule has 0 bridgehead atoms. The van der Waals surface area contributed by atoms with Gasteiger partial charge in [0, 0.05) is 26.2 Å². The van der Waals surface area contributed by atoms with Crippen LogP contribution in [0, 0.1) is 5.92 Å². The zero-order valence-electron chi connectivity index (χ0n) is 12.7. The number of hydrogen-bond donors (Lipinski definition) is 2. The molecule has 0 radical (unpaired) electrons. The van der Waals surface area contributed by atoms with E-state index in [9.17, 15) is 0 Å². The number of nitrogens with zero attached hydrogens (tertiary/aromatic N) is 1. The van der Waals surface area contributed by atoms with Crippen molar-refractivity contribution >= 4 is 11.4 Å². The Morgan fingerprint density at radius 1 is 1.10 bits per heavy atom. The molecule has 3 nitrogen and oxygen atoms in total. The lowest BCUT2D eigenvalue weighted by Crippen LogP contribution is -2.38. The van der Waals surface area contributed by atoms with Crippen molar-refractivity contribution in [2.75, 3.05) is 30.9 Å². The fourth-order valence-corrected chi connectivity index (χ4v) is 3.91. The van der Waals surface area contributed by atoms with Crippen LogP contribution < -0.4 is 15.5 Å². The van der Waals surface area contributed by atoms with Crippen molar-refractivity contribution in [1.29, 1.82) is 0 Å². The molecule has 0 aromatic heterocycles. The van der Waals surface area contributed by atoms with Crippen molar-refractivity contribution in [2.24, 2.45) is 5.92 Å². The maximum atomic E-state index is 3.84. The monoisotopic (exact) mass is 273 g/mol. The Morgan fingerprint density at radius 3 is 2.70 bits per heavy atom. The van der Waals surface area contributed by atoms with E-state index in [1.54, 1.807) is 0 Å².